The summed E-state index contributed by atoms with van der Waals surface area (Å²) in [5, 5.41) is 0. The number of nitrogens with zero attached hydrogens (tertiary/aromatic N) is 5. The lowest BCUT2D eigenvalue weighted by molar-refractivity contribution is 1.07. The lowest BCUT2D eigenvalue weighted by Crippen LogP contribution is -2.01. The van der Waals surface area contributed by atoms with Crippen molar-refractivity contribution < 1.29 is 0 Å². The lowest BCUT2D eigenvalue weighted by Gasteiger charge is -2.12. The molecule has 39 heavy (non-hydrogen) atoms. The van der Waals surface area contributed by atoms with Crippen molar-refractivity contribution in [1.29, 1.82) is 0 Å². The van der Waals surface area contributed by atoms with Gasteiger partial charge in [0.25, 0.3) is 0 Å². The van der Waals surface area contributed by atoms with Crippen LogP contribution in [0.4, 0.5) is 0 Å². The highest BCUT2D eigenvalue weighted by Gasteiger charge is 2.16. The van der Waals surface area contributed by atoms with E-state index in [-0.39, 0.29) is 0 Å². The van der Waals surface area contributed by atoms with Gasteiger partial charge in [-0.2, -0.15) is 0 Å². The van der Waals surface area contributed by atoms with Gasteiger partial charge in [0.1, 0.15) is 5.82 Å². The van der Waals surface area contributed by atoms with Gasteiger partial charge in [-0.3, -0.25) is 4.57 Å². The van der Waals surface area contributed by atoms with Crippen LogP contribution in [0.5, 0.6) is 0 Å². The second kappa shape index (κ2) is 9.80. The van der Waals surface area contributed by atoms with Gasteiger partial charge in [0.15, 0.2) is 17.5 Å². The van der Waals surface area contributed by atoms with E-state index >= 15 is 0 Å². The molecule has 7 aromatic rings. The van der Waals surface area contributed by atoms with Gasteiger partial charge in [-0.15, -0.1) is 0 Å². The summed E-state index contributed by atoms with van der Waals surface area (Å²) in [5.74, 6) is 2.79. The maximum atomic E-state index is 4.99. The van der Waals surface area contributed by atoms with Gasteiger partial charge in [-0.05, 0) is 24.3 Å². The normalized spacial score (nSPS) is 11.1. The minimum atomic E-state index is 0.621. The summed E-state index contributed by atoms with van der Waals surface area (Å²) in [4.78, 5) is 19.7. The molecule has 5 aromatic carbocycles. The van der Waals surface area contributed by atoms with Crippen molar-refractivity contribution in [3.63, 3.8) is 0 Å². The number of hydrogen-bond acceptors (Lipinski definition) is 4. The van der Waals surface area contributed by atoms with Crippen LogP contribution in [0.2, 0.25) is 0 Å². The van der Waals surface area contributed by atoms with Gasteiger partial charge >= 0.3 is 0 Å². The van der Waals surface area contributed by atoms with Crippen LogP contribution in [0.3, 0.4) is 0 Å². The smallest absolute Gasteiger partial charge is 0.164 e. The molecule has 5 heteroatoms. The molecule has 0 saturated heterocycles. The molecule has 0 spiro atoms. The average Bonchev–Trinajstić information content (AvgIpc) is 3.42. The number of aromatic nitrogens is 5. The van der Waals surface area contributed by atoms with Gasteiger partial charge in [0, 0.05) is 27.9 Å². The Balaban J connectivity index is 1.42. The number of para-hydroxylation sites is 2. The average molecular weight is 502 g/mol. The largest absolute Gasteiger partial charge is 0.292 e. The fourth-order valence-corrected chi connectivity index (χ4v) is 4.79. The van der Waals surface area contributed by atoms with E-state index in [1.54, 1.807) is 0 Å². The first-order valence-corrected chi connectivity index (χ1v) is 12.8. The van der Waals surface area contributed by atoms with Crippen LogP contribution < -0.4 is 0 Å². The van der Waals surface area contributed by atoms with E-state index in [1.165, 1.54) is 0 Å². The van der Waals surface area contributed by atoms with E-state index in [9.17, 15) is 0 Å². The maximum absolute atomic E-state index is 4.99. The zero-order valence-electron chi connectivity index (χ0n) is 21.0. The Morgan fingerprint density at radius 2 is 0.872 bits per heavy atom. The van der Waals surface area contributed by atoms with Crippen molar-refractivity contribution >= 4 is 11.0 Å². The predicted octanol–water partition coefficient (Wildman–Crippen LogP) is 7.88. The Labute approximate surface area is 226 Å². The topological polar surface area (TPSA) is 56.5 Å². The summed E-state index contributed by atoms with van der Waals surface area (Å²) >= 11 is 0. The highest BCUT2D eigenvalue weighted by Crippen LogP contribution is 2.31. The van der Waals surface area contributed by atoms with Crippen LogP contribution >= 0.6 is 0 Å². The highest BCUT2D eigenvalue weighted by atomic mass is 15.1. The van der Waals surface area contributed by atoms with Gasteiger partial charge in [-0.25, -0.2) is 19.9 Å². The number of fused-ring (bicyclic) bond motifs is 1. The molecule has 0 saturated carbocycles. The van der Waals surface area contributed by atoms with Crippen LogP contribution in [-0.4, -0.2) is 24.5 Å². The Hall–Kier alpha value is -5.42. The first-order valence-electron chi connectivity index (χ1n) is 12.8. The molecule has 5 nitrogen and oxygen atoms in total. The van der Waals surface area contributed by atoms with Crippen molar-refractivity contribution in [2.75, 3.05) is 0 Å². The van der Waals surface area contributed by atoms with Crippen molar-refractivity contribution in [1.82, 2.24) is 24.5 Å². The minimum Gasteiger partial charge on any atom is -0.292 e. The highest BCUT2D eigenvalue weighted by molar-refractivity contribution is 5.83. The predicted molar refractivity (Wildman–Crippen MR) is 156 cm³/mol. The molecule has 0 unspecified atom stereocenters. The van der Waals surface area contributed by atoms with Crippen LogP contribution in [0.25, 0.3) is 62.3 Å². The second-order valence-electron chi connectivity index (χ2n) is 9.21. The van der Waals surface area contributed by atoms with Crippen LogP contribution in [0.1, 0.15) is 0 Å². The van der Waals surface area contributed by atoms with E-state index in [0.717, 1.165) is 44.8 Å². The summed E-state index contributed by atoms with van der Waals surface area (Å²) < 4.78 is 2.20. The Morgan fingerprint density at radius 3 is 1.49 bits per heavy atom. The maximum Gasteiger partial charge on any atom is 0.164 e. The monoisotopic (exact) mass is 501 g/mol. The molecule has 0 aliphatic carbocycles. The minimum absolute atomic E-state index is 0.621. The number of benzene rings is 5. The number of imidazole rings is 1. The summed E-state index contributed by atoms with van der Waals surface area (Å²) in [5.41, 5.74) is 6.82. The fraction of sp³-hybridized carbons (Fsp3) is 0. The molecule has 0 aliphatic rings. The third kappa shape index (κ3) is 4.36. The van der Waals surface area contributed by atoms with E-state index in [1.807, 2.05) is 109 Å². The number of hydrogen-bond donors (Lipinski definition) is 0. The van der Waals surface area contributed by atoms with E-state index in [2.05, 4.69) is 34.9 Å². The molecule has 0 aliphatic heterocycles. The van der Waals surface area contributed by atoms with Crippen LogP contribution in [0.15, 0.2) is 140 Å². The van der Waals surface area contributed by atoms with Crippen molar-refractivity contribution in [2.24, 2.45) is 0 Å². The Kier molecular flexibility index (Phi) is 5.72. The Morgan fingerprint density at radius 1 is 0.385 bits per heavy atom. The molecule has 184 valence electrons. The van der Waals surface area contributed by atoms with Gasteiger partial charge in [-0.1, -0.05) is 115 Å². The van der Waals surface area contributed by atoms with Gasteiger partial charge in [0.2, 0.25) is 0 Å². The standard InChI is InChI=1S/C34H23N5/c1-4-13-24(14-5-1)31-36-32(25-15-6-2-7-16-25)38-33(37-31)27-19-12-20-28(23-27)39-30-22-11-10-21-29(30)35-34(39)26-17-8-3-9-18-26/h1-23H. The van der Waals surface area contributed by atoms with E-state index in [4.69, 9.17) is 19.9 Å². The summed E-state index contributed by atoms with van der Waals surface area (Å²) in [6.07, 6.45) is 0. The molecule has 0 bridgehead atoms. The summed E-state index contributed by atoms with van der Waals surface area (Å²) in [6.45, 7) is 0. The summed E-state index contributed by atoms with van der Waals surface area (Å²) in [6, 6.07) is 46.9. The Bertz CT molecular complexity index is 1840. The molecule has 7 rings (SSSR count). The fourth-order valence-electron chi connectivity index (χ4n) is 4.79. The summed E-state index contributed by atoms with van der Waals surface area (Å²) in [7, 11) is 0. The van der Waals surface area contributed by atoms with E-state index < -0.39 is 0 Å². The zero-order valence-corrected chi connectivity index (χ0v) is 21.0. The van der Waals surface area contributed by atoms with Crippen LogP contribution in [-0.2, 0) is 0 Å². The lowest BCUT2D eigenvalue weighted by atomic mass is 10.1. The molecule has 2 heterocycles. The van der Waals surface area contributed by atoms with Crippen molar-refractivity contribution in [3.8, 4) is 51.2 Å². The van der Waals surface area contributed by atoms with E-state index in [0.29, 0.717) is 17.5 Å². The molecule has 2 aromatic heterocycles. The molecular formula is C34H23N5. The third-order valence-corrected chi connectivity index (χ3v) is 6.65. The molecule has 0 N–H and O–H groups in total. The molecule has 0 radical (unpaired) electrons. The van der Waals surface area contributed by atoms with Crippen LogP contribution in [0, 0.1) is 0 Å². The van der Waals surface area contributed by atoms with Crippen molar-refractivity contribution in [3.05, 3.63) is 140 Å². The molecule has 0 atom stereocenters. The van der Waals surface area contributed by atoms with Gasteiger partial charge in [0.05, 0.1) is 11.0 Å². The first-order chi connectivity index (χ1) is 19.3. The second-order valence-corrected chi connectivity index (χ2v) is 9.21. The quantitative estimate of drug-likeness (QED) is 0.241. The first kappa shape index (κ1) is 22.8. The molecule has 0 amide bonds. The SMILES string of the molecule is c1ccc(-c2nc(-c3ccccc3)nc(-c3cccc(-n4c(-c5ccccc5)nc5ccccc54)c3)n2)cc1. The zero-order chi connectivity index (χ0) is 26.0. The third-order valence-electron chi connectivity index (χ3n) is 6.65. The van der Waals surface area contributed by atoms with Crippen molar-refractivity contribution in [2.45, 2.75) is 0 Å². The molecule has 0 fully saturated rings. The number of rotatable bonds is 5. The van der Waals surface area contributed by atoms with Gasteiger partial charge < -0.3 is 0 Å². The molecular weight excluding hydrogens is 478 g/mol.